The lowest BCUT2D eigenvalue weighted by atomic mass is 9.88. The third kappa shape index (κ3) is 5.05. The van der Waals surface area contributed by atoms with Gasteiger partial charge in [-0.15, -0.1) is 0 Å². The van der Waals surface area contributed by atoms with Crippen molar-refractivity contribution in [3.05, 3.63) is 57.6 Å². The van der Waals surface area contributed by atoms with Crippen LogP contribution in [0.1, 0.15) is 53.6 Å². The zero-order valence-corrected chi connectivity index (χ0v) is 20.7. The lowest BCUT2D eigenvalue weighted by Crippen LogP contribution is -2.43. The Morgan fingerprint density at radius 1 is 1.24 bits per heavy atom. The Morgan fingerprint density at radius 3 is 2.58 bits per heavy atom. The topological polar surface area (TPSA) is 105 Å². The summed E-state index contributed by atoms with van der Waals surface area (Å²) in [5.41, 5.74) is 3.65. The minimum Gasteiger partial charge on any atom is -0.487 e. The molecule has 7 nitrogen and oxygen atoms in total. The number of carbonyl (C=O) groups is 1. The smallest absolute Gasteiger partial charge is 0.324 e. The molecule has 2 aromatic carbocycles. The number of nitrogens with one attached hydrogen (secondary N) is 1. The van der Waals surface area contributed by atoms with Crippen molar-refractivity contribution in [2.24, 2.45) is 0 Å². The van der Waals surface area contributed by atoms with Gasteiger partial charge in [-0.3, -0.25) is 4.79 Å². The molecule has 33 heavy (non-hydrogen) atoms. The van der Waals surface area contributed by atoms with Crippen molar-refractivity contribution < 1.29 is 22.7 Å². The number of sulfonamides is 1. The van der Waals surface area contributed by atoms with E-state index in [1.54, 1.807) is 38.1 Å². The average Bonchev–Trinajstić information content (AvgIpc) is 2.75. The van der Waals surface area contributed by atoms with Gasteiger partial charge in [0.1, 0.15) is 17.4 Å². The first-order chi connectivity index (χ1) is 15.4. The van der Waals surface area contributed by atoms with Gasteiger partial charge in [0, 0.05) is 0 Å². The molecule has 1 atom stereocenters. The number of hydrogen-bond acceptors (Lipinski definition) is 6. The fourth-order valence-corrected chi connectivity index (χ4v) is 6.07. The number of nitriles is 1. The van der Waals surface area contributed by atoms with Crippen molar-refractivity contribution in [2.75, 3.05) is 7.11 Å². The fourth-order valence-electron chi connectivity index (χ4n) is 4.32. The van der Waals surface area contributed by atoms with Crippen molar-refractivity contribution in [1.29, 1.82) is 5.26 Å². The van der Waals surface area contributed by atoms with Crippen LogP contribution in [0.15, 0.2) is 29.2 Å². The molecule has 0 fully saturated rings. The molecule has 1 heterocycles. The number of esters is 1. The molecule has 176 valence electrons. The molecule has 0 radical (unpaired) electrons. The number of hydrogen-bond donors (Lipinski definition) is 1. The highest BCUT2D eigenvalue weighted by molar-refractivity contribution is 7.89. The maximum atomic E-state index is 13.6. The molecule has 1 N–H and O–H groups in total. The van der Waals surface area contributed by atoms with E-state index in [4.69, 9.17) is 14.7 Å². The molecule has 1 aliphatic heterocycles. The van der Waals surface area contributed by atoms with E-state index in [1.807, 2.05) is 26.8 Å². The Morgan fingerprint density at radius 2 is 1.94 bits per heavy atom. The molecule has 0 amide bonds. The summed E-state index contributed by atoms with van der Waals surface area (Å²) in [6, 6.07) is 7.61. The van der Waals surface area contributed by atoms with E-state index in [2.05, 4.69) is 4.72 Å². The Labute approximate surface area is 195 Å². The maximum Gasteiger partial charge on any atom is 0.324 e. The van der Waals surface area contributed by atoms with Crippen molar-refractivity contribution >= 4 is 16.0 Å². The van der Waals surface area contributed by atoms with Crippen LogP contribution in [0.4, 0.5) is 0 Å². The van der Waals surface area contributed by atoms with Crippen LogP contribution in [-0.4, -0.2) is 33.1 Å². The van der Waals surface area contributed by atoms with E-state index in [0.29, 0.717) is 28.7 Å². The minimum atomic E-state index is -4.07. The van der Waals surface area contributed by atoms with Crippen LogP contribution < -0.4 is 9.46 Å². The van der Waals surface area contributed by atoms with Crippen LogP contribution in [0.2, 0.25) is 0 Å². The van der Waals surface area contributed by atoms with Crippen molar-refractivity contribution in [1.82, 2.24) is 4.72 Å². The standard InChI is InChI=1S/C25H30N2O5S/c1-15-16(2)23(17(3)20-10-11-25(4,5)32-22(15)20)33(29,30)27-21(24(28)31-6)13-18-8-7-9-19(12-18)14-26/h7-9,12,21,27H,10-11,13H2,1-6H3. The van der Waals surface area contributed by atoms with Gasteiger partial charge in [0.25, 0.3) is 0 Å². The first-order valence-electron chi connectivity index (χ1n) is 10.8. The SMILES string of the molecule is COC(=O)C(Cc1cccc(C#N)c1)NS(=O)(=O)c1c(C)c(C)c2c(c1C)CCC(C)(C)O2. The van der Waals surface area contributed by atoms with Gasteiger partial charge in [0.2, 0.25) is 10.0 Å². The number of fused-ring (bicyclic) bond motifs is 1. The van der Waals surface area contributed by atoms with Crippen LogP contribution in [0.25, 0.3) is 0 Å². The summed E-state index contributed by atoms with van der Waals surface area (Å²) in [5.74, 6) is 0.0500. The minimum absolute atomic E-state index is 0.0563. The van der Waals surface area contributed by atoms with E-state index in [9.17, 15) is 13.2 Å². The fraction of sp³-hybridized carbons (Fsp3) is 0.440. The molecule has 0 bridgehead atoms. The third-order valence-electron chi connectivity index (χ3n) is 6.21. The second-order valence-corrected chi connectivity index (χ2v) is 10.7. The maximum absolute atomic E-state index is 13.6. The van der Waals surface area contributed by atoms with Gasteiger partial charge in [-0.2, -0.15) is 9.98 Å². The summed E-state index contributed by atoms with van der Waals surface area (Å²) >= 11 is 0. The van der Waals surface area contributed by atoms with Crippen LogP contribution in [0, 0.1) is 32.1 Å². The Balaban J connectivity index is 2.02. The highest BCUT2D eigenvalue weighted by Gasteiger charge is 2.35. The second-order valence-electron chi connectivity index (χ2n) is 9.09. The van der Waals surface area contributed by atoms with Crippen molar-refractivity contribution in [3.8, 4) is 11.8 Å². The van der Waals surface area contributed by atoms with Crippen molar-refractivity contribution in [3.63, 3.8) is 0 Å². The lowest BCUT2D eigenvalue weighted by Gasteiger charge is -2.35. The predicted molar refractivity (Wildman–Crippen MR) is 125 cm³/mol. The number of benzene rings is 2. The number of carbonyl (C=O) groups excluding carboxylic acids is 1. The first kappa shape index (κ1) is 24.7. The highest BCUT2D eigenvalue weighted by atomic mass is 32.2. The van der Waals surface area contributed by atoms with Crippen LogP contribution in [0.3, 0.4) is 0 Å². The van der Waals surface area contributed by atoms with Crippen LogP contribution >= 0.6 is 0 Å². The van der Waals surface area contributed by atoms with Gasteiger partial charge in [0.15, 0.2) is 0 Å². The lowest BCUT2D eigenvalue weighted by molar-refractivity contribution is -0.142. The molecular formula is C25H30N2O5S. The molecule has 0 saturated heterocycles. The first-order valence-corrected chi connectivity index (χ1v) is 12.3. The van der Waals surface area contributed by atoms with E-state index in [1.165, 1.54) is 7.11 Å². The molecule has 3 rings (SSSR count). The van der Waals surface area contributed by atoms with Gasteiger partial charge in [-0.05, 0) is 93.8 Å². The number of ether oxygens (including phenoxy) is 2. The monoisotopic (exact) mass is 470 g/mol. The van der Waals surface area contributed by atoms with E-state index < -0.39 is 22.0 Å². The zero-order chi connectivity index (χ0) is 24.6. The average molecular weight is 471 g/mol. The summed E-state index contributed by atoms with van der Waals surface area (Å²) in [6.45, 7) is 9.44. The van der Waals surface area contributed by atoms with E-state index in [-0.39, 0.29) is 16.9 Å². The number of rotatable bonds is 6. The summed E-state index contributed by atoms with van der Waals surface area (Å²) in [7, 11) is -2.85. The molecule has 2 aromatic rings. The van der Waals surface area contributed by atoms with Crippen LogP contribution in [0.5, 0.6) is 5.75 Å². The van der Waals surface area contributed by atoms with E-state index in [0.717, 1.165) is 23.3 Å². The summed E-state index contributed by atoms with van der Waals surface area (Å²) in [5, 5.41) is 9.14. The van der Waals surface area contributed by atoms with Gasteiger partial charge in [-0.25, -0.2) is 8.42 Å². The molecule has 1 unspecified atom stereocenters. The third-order valence-corrected chi connectivity index (χ3v) is 7.96. The highest BCUT2D eigenvalue weighted by Crippen LogP contribution is 2.42. The number of nitrogens with zero attached hydrogens (tertiary/aromatic N) is 1. The van der Waals surface area contributed by atoms with Crippen molar-refractivity contribution in [2.45, 2.75) is 70.4 Å². The normalized spacial score (nSPS) is 15.7. The van der Waals surface area contributed by atoms with Crippen LogP contribution in [-0.2, 0) is 32.4 Å². The largest absolute Gasteiger partial charge is 0.487 e. The van der Waals surface area contributed by atoms with Gasteiger partial charge in [0.05, 0.1) is 23.6 Å². The van der Waals surface area contributed by atoms with Gasteiger partial charge in [-0.1, -0.05) is 12.1 Å². The number of methoxy groups -OCH3 is 1. The van der Waals surface area contributed by atoms with Gasteiger partial charge < -0.3 is 9.47 Å². The molecule has 0 aliphatic carbocycles. The Bertz CT molecular complexity index is 1240. The Kier molecular flexibility index (Phi) is 6.87. The predicted octanol–water partition coefficient (Wildman–Crippen LogP) is 3.65. The molecule has 0 spiro atoms. The summed E-state index contributed by atoms with van der Waals surface area (Å²) in [6.07, 6.45) is 1.54. The van der Waals surface area contributed by atoms with E-state index >= 15 is 0 Å². The molecule has 0 saturated carbocycles. The molecule has 0 aromatic heterocycles. The zero-order valence-electron chi connectivity index (χ0n) is 19.9. The summed E-state index contributed by atoms with van der Waals surface area (Å²) in [4.78, 5) is 12.7. The van der Waals surface area contributed by atoms with Gasteiger partial charge >= 0.3 is 5.97 Å². The Hall–Kier alpha value is -2.89. The molecular weight excluding hydrogens is 440 g/mol. The molecule has 8 heteroatoms. The second kappa shape index (κ2) is 9.16. The molecule has 1 aliphatic rings. The summed E-state index contributed by atoms with van der Waals surface area (Å²) < 4.78 is 40.8. The quantitative estimate of drug-likeness (QED) is 0.646.